The van der Waals surface area contributed by atoms with Crippen LogP contribution in [0.15, 0.2) is 42.5 Å². The van der Waals surface area contributed by atoms with Crippen LogP contribution in [0.3, 0.4) is 0 Å². The number of carbonyl (C=O) groups is 1. The van der Waals surface area contributed by atoms with Crippen molar-refractivity contribution in [3.63, 3.8) is 0 Å². The lowest BCUT2D eigenvalue weighted by Crippen LogP contribution is -2.37. The molecule has 1 unspecified atom stereocenters. The summed E-state index contributed by atoms with van der Waals surface area (Å²) in [5.41, 5.74) is 2.52. The van der Waals surface area contributed by atoms with E-state index in [4.69, 9.17) is 4.74 Å². The summed E-state index contributed by atoms with van der Waals surface area (Å²) >= 11 is 0. The van der Waals surface area contributed by atoms with Gasteiger partial charge in [0.25, 0.3) is 0 Å². The third kappa shape index (κ3) is 4.79. The lowest BCUT2D eigenvalue weighted by molar-refractivity contribution is -0.120. The Morgan fingerprint density at radius 3 is 2.92 bits per heavy atom. The highest BCUT2D eigenvalue weighted by Crippen LogP contribution is 2.23. The zero-order valence-electron chi connectivity index (χ0n) is 14.3. The van der Waals surface area contributed by atoms with E-state index in [9.17, 15) is 9.18 Å². The number of halogens is 1. The molecule has 0 spiro atoms. The predicted octanol–water partition coefficient (Wildman–Crippen LogP) is 3.65. The quantitative estimate of drug-likeness (QED) is 0.872. The summed E-state index contributed by atoms with van der Waals surface area (Å²) in [6.07, 6.45) is 1.95. The summed E-state index contributed by atoms with van der Waals surface area (Å²) < 4.78 is 18.9. The molecule has 0 aromatic heterocycles. The van der Waals surface area contributed by atoms with Crippen LogP contribution in [-0.2, 0) is 11.4 Å². The number of hydrogen-bond donors (Lipinski definition) is 2. The van der Waals surface area contributed by atoms with E-state index in [1.807, 2.05) is 31.2 Å². The predicted molar refractivity (Wildman–Crippen MR) is 96.1 cm³/mol. The number of anilines is 1. The number of amides is 1. The van der Waals surface area contributed by atoms with E-state index in [2.05, 4.69) is 10.6 Å². The largest absolute Gasteiger partial charge is 0.489 e. The Hall–Kier alpha value is -2.40. The van der Waals surface area contributed by atoms with Gasteiger partial charge in [0.1, 0.15) is 18.2 Å². The highest BCUT2D eigenvalue weighted by Gasteiger charge is 2.21. The van der Waals surface area contributed by atoms with Gasteiger partial charge in [0, 0.05) is 12.2 Å². The van der Waals surface area contributed by atoms with Crippen molar-refractivity contribution in [1.82, 2.24) is 5.32 Å². The number of ether oxygens (including phenoxy) is 1. The summed E-state index contributed by atoms with van der Waals surface area (Å²) in [7, 11) is 0. The number of carbonyl (C=O) groups excluding carboxylic acids is 1. The van der Waals surface area contributed by atoms with Gasteiger partial charge in [-0.1, -0.05) is 12.1 Å². The topological polar surface area (TPSA) is 50.4 Å². The second-order valence-electron chi connectivity index (χ2n) is 6.43. The van der Waals surface area contributed by atoms with Crippen LogP contribution in [0, 0.1) is 18.7 Å². The van der Waals surface area contributed by atoms with Crippen molar-refractivity contribution < 1.29 is 13.9 Å². The maximum atomic E-state index is 13.2. The fourth-order valence-corrected chi connectivity index (χ4v) is 2.97. The monoisotopic (exact) mass is 342 g/mol. The number of rotatable bonds is 5. The van der Waals surface area contributed by atoms with Gasteiger partial charge in [0.15, 0.2) is 0 Å². The molecule has 1 heterocycles. The minimum absolute atomic E-state index is 0.0250. The van der Waals surface area contributed by atoms with E-state index < -0.39 is 0 Å². The van der Waals surface area contributed by atoms with Gasteiger partial charge in [0.05, 0.1) is 5.92 Å². The second kappa shape index (κ2) is 8.12. The fourth-order valence-electron chi connectivity index (χ4n) is 2.97. The molecule has 25 heavy (non-hydrogen) atoms. The van der Waals surface area contributed by atoms with Crippen LogP contribution >= 0.6 is 0 Å². The first-order valence-corrected chi connectivity index (χ1v) is 8.61. The van der Waals surface area contributed by atoms with Gasteiger partial charge < -0.3 is 15.4 Å². The van der Waals surface area contributed by atoms with Gasteiger partial charge >= 0.3 is 0 Å². The Balaban J connectivity index is 1.59. The lowest BCUT2D eigenvalue weighted by atomic mass is 9.98. The van der Waals surface area contributed by atoms with Crippen molar-refractivity contribution in [2.24, 2.45) is 5.92 Å². The maximum absolute atomic E-state index is 13.2. The number of benzene rings is 2. The van der Waals surface area contributed by atoms with Crippen LogP contribution in [0.1, 0.15) is 24.0 Å². The molecule has 2 aromatic rings. The highest BCUT2D eigenvalue weighted by molar-refractivity contribution is 5.93. The molecule has 4 nitrogen and oxygen atoms in total. The molecule has 1 amide bonds. The zero-order valence-corrected chi connectivity index (χ0v) is 14.3. The molecule has 2 N–H and O–H groups in total. The van der Waals surface area contributed by atoms with Crippen LogP contribution in [0.4, 0.5) is 10.1 Å². The summed E-state index contributed by atoms with van der Waals surface area (Å²) in [5.74, 6) is 0.507. The van der Waals surface area contributed by atoms with Gasteiger partial charge in [-0.3, -0.25) is 4.79 Å². The van der Waals surface area contributed by atoms with Crippen molar-refractivity contribution in [2.45, 2.75) is 26.4 Å². The van der Waals surface area contributed by atoms with Crippen LogP contribution in [0.25, 0.3) is 0 Å². The number of nitrogens with one attached hydrogen (secondary N) is 2. The van der Waals surface area contributed by atoms with Gasteiger partial charge in [-0.15, -0.1) is 0 Å². The normalized spacial score (nSPS) is 17.1. The van der Waals surface area contributed by atoms with Gasteiger partial charge in [-0.2, -0.15) is 0 Å². The summed E-state index contributed by atoms with van der Waals surface area (Å²) in [6, 6.07) is 11.9. The van der Waals surface area contributed by atoms with Crippen molar-refractivity contribution in [3.05, 3.63) is 59.4 Å². The van der Waals surface area contributed by atoms with Crippen molar-refractivity contribution in [3.8, 4) is 5.75 Å². The lowest BCUT2D eigenvalue weighted by Gasteiger charge is -2.22. The van der Waals surface area contributed by atoms with Crippen molar-refractivity contribution >= 4 is 11.6 Å². The minimum Gasteiger partial charge on any atom is -0.489 e. The van der Waals surface area contributed by atoms with Gasteiger partial charge in [0.2, 0.25) is 5.91 Å². The third-order valence-corrected chi connectivity index (χ3v) is 4.42. The molecule has 1 fully saturated rings. The molecule has 1 saturated heterocycles. The molecule has 132 valence electrons. The van der Waals surface area contributed by atoms with E-state index >= 15 is 0 Å². The van der Waals surface area contributed by atoms with Crippen LogP contribution in [0.5, 0.6) is 5.75 Å². The minimum atomic E-state index is -0.271. The fraction of sp³-hybridized carbons (Fsp3) is 0.350. The summed E-state index contributed by atoms with van der Waals surface area (Å²) in [4.78, 5) is 12.3. The highest BCUT2D eigenvalue weighted by atomic mass is 19.1. The first kappa shape index (κ1) is 17.4. The molecule has 0 saturated carbocycles. The Bertz CT molecular complexity index is 742. The van der Waals surface area contributed by atoms with E-state index in [1.54, 1.807) is 6.07 Å². The Labute approximate surface area is 147 Å². The maximum Gasteiger partial charge on any atom is 0.228 e. The SMILES string of the molecule is Cc1cc(OCc2cccc(F)c2)ccc1NC(=O)C1CCCNC1. The summed E-state index contributed by atoms with van der Waals surface area (Å²) in [5, 5.41) is 6.26. The first-order valence-electron chi connectivity index (χ1n) is 8.61. The first-order chi connectivity index (χ1) is 12.1. The van der Waals surface area contributed by atoms with Crippen LogP contribution < -0.4 is 15.4 Å². The molecule has 1 aliphatic rings. The van der Waals surface area contributed by atoms with E-state index in [0.29, 0.717) is 12.4 Å². The van der Waals surface area contributed by atoms with E-state index in [-0.39, 0.29) is 17.6 Å². The molecule has 1 aliphatic heterocycles. The molecule has 0 radical (unpaired) electrons. The van der Waals surface area contributed by atoms with E-state index in [1.165, 1.54) is 12.1 Å². The van der Waals surface area contributed by atoms with Crippen LogP contribution in [0.2, 0.25) is 0 Å². The third-order valence-electron chi connectivity index (χ3n) is 4.42. The molecule has 0 aliphatic carbocycles. The van der Waals surface area contributed by atoms with Gasteiger partial charge in [-0.05, 0) is 67.8 Å². The molecular weight excluding hydrogens is 319 g/mol. The Kier molecular flexibility index (Phi) is 5.66. The van der Waals surface area contributed by atoms with Crippen molar-refractivity contribution in [2.75, 3.05) is 18.4 Å². The average Bonchev–Trinajstić information content (AvgIpc) is 2.63. The van der Waals surface area contributed by atoms with E-state index in [0.717, 1.165) is 42.7 Å². The molecule has 3 rings (SSSR count). The number of hydrogen-bond acceptors (Lipinski definition) is 3. The Morgan fingerprint density at radius 1 is 1.32 bits per heavy atom. The average molecular weight is 342 g/mol. The second-order valence-corrected chi connectivity index (χ2v) is 6.43. The zero-order chi connectivity index (χ0) is 17.6. The molecule has 5 heteroatoms. The number of aryl methyl sites for hydroxylation is 1. The Morgan fingerprint density at radius 2 is 2.20 bits per heavy atom. The molecule has 0 bridgehead atoms. The smallest absolute Gasteiger partial charge is 0.228 e. The number of piperidine rings is 1. The van der Waals surface area contributed by atoms with Gasteiger partial charge in [-0.25, -0.2) is 4.39 Å². The van der Waals surface area contributed by atoms with Crippen LogP contribution in [-0.4, -0.2) is 19.0 Å². The molecule has 2 aromatic carbocycles. The summed E-state index contributed by atoms with van der Waals surface area (Å²) in [6.45, 7) is 3.96. The standard InChI is InChI=1S/C20H23FN2O2/c1-14-10-18(25-13-15-4-2-6-17(21)11-15)7-8-19(14)23-20(24)16-5-3-9-22-12-16/h2,4,6-8,10-11,16,22H,3,5,9,12-13H2,1H3,(H,23,24). The molecule has 1 atom stereocenters. The van der Waals surface area contributed by atoms with Crippen molar-refractivity contribution in [1.29, 1.82) is 0 Å². The molecular formula is C20H23FN2O2.